The zero-order chi connectivity index (χ0) is 10.3. The molecule has 1 atom stereocenters. The molecule has 0 fully saturated rings. The molecule has 0 saturated heterocycles. The second kappa shape index (κ2) is 3.06. The maximum Gasteiger partial charge on any atom is 0.0705 e. The Balaban J connectivity index is 2.26. The molecule has 0 radical (unpaired) electrons. The predicted molar refractivity (Wildman–Crippen MR) is 62.8 cm³/mol. The lowest BCUT2D eigenvalue weighted by Gasteiger charge is -2.22. The lowest BCUT2D eigenvalue weighted by molar-refractivity contribution is 0.980. The van der Waals surface area contributed by atoms with Crippen molar-refractivity contribution in [2.75, 3.05) is 0 Å². The number of benzene rings is 1. The van der Waals surface area contributed by atoms with Crippen LogP contribution in [0.15, 0.2) is 60.8 Å². The zero-order valence-corrected chi connectivity index (χ0v) is 8.35. The molecule has 1 aliphatic carbocycles. The van der Waals surface area contributed by atoms with Gasteiger partial charge in [0.25, 0.3) is 0 Å². The molecule has 1 heteroatoms. The Morgan fingerprint density at radius 2 is 2.00 bits per heavy atom. The van der Waals surface area contributed by atoms with E-state index in [9.17, 15) is 0 Å². The van der Waals surface area contributed by atoms with Crippen molar-refractivity contribution in [3.05, 3.63) is 66.4 Å². The molecule has 0 amide bonds. The number of hydrogen-bond donors (Lipinski definition) is 0. The first-order valence-electron chi connectivity index (χ1n) is 5.07. The number of allylic oxidation sites excluding steroid dienone is 3. The summed E-state index contributed by atoms with van der Waals surface area (Å²) in [6, 6.07) is 10.3. The van der Waals surface area contributed by atoms with E-state index in [2.05, 4.69) is 41.9 Å². The molecule has 1 heterocycles. The molecule has 0 spiro atoms. The number of hydrogen-bond acceptors (Lipinski definition) is 1. The molecule has 2 aromatic rings. The van der Waals surface area contributed by atoms with Crippen LogP contribution in [-0.2, 0) is 0 Å². The molecule has 0 aliphatic heterocycles. The average molecular weight is 193 g/mol. The summed E-state index contributed by atoms with van der Waals surface area (Å²) in [7, 11) is 0. The van der Waals surface area contributed by atoms with Crippen LogP contribution in [0.4, 0.5) is 0 Å². The SMILES string of the molecule is C=C1C=CC1c1ccnc2ccccc12. The van der Waals surface area contributed by atoms with Crippen LogP contribution in [0.2, 0.25) is 0 Å². The number of pyridine rings is 1. The Bertz CT molecular complexity index is 561. The van der Waals surface area contributed by atoms with E-state index < -0.39 is 0 Å². The topological polar surface area (TPSA) is 12.9 Å². The average Bonchev–Trinajstić information content (AvgIpc) is 2.28. The Hall–Kier alpha value is -1.89. The Labute approximate surface area is 88.8 Å². The fourth-order valence-corrected chi connectivity index (χ4v) is 2.02. The van der Waals surface area contributed by atoms with Gasteiger partial charge in [0.05, 0.1) is 5.52 Å². The molecular formula is C14H11N. The minimum Gasteiger partial charge on any atom is -0.256 e. The highest BCUT2D eigenvalue weighted by atomic mass is 14.6. The first-order chi connectivity index (χ1) is 7.36. The molecule has 1 aromatic heterocycles. The fourth-order valence-electron chi connectivity index (χ4n) is 2.02. The fraction of sp³-hybridized carbons (Fsp3) is 0.0714. The van der Waals surface area contributed by atoms with Crippen molar-refractivity contribution in [3.63, 3.8) is 0 Å². The van der Waals surface area contributed by atoms with Gasteiger partial charge in [-0.1, -0.05) is 36.9 Å². The van der Waals surface area contributed by atoms with Crippen molar-refractivity contribution in [2.45, 2.75) is 5.92 Å². The zero-order valence-electron chi connectivity index (χ0n) is 8.35. The monoisotopic (exact) mass is 193 g/mol. The summed E-state index contributed by atoms with van der Waals surface area (Å²) in [4.78, 5) is 4.35. The molecule has 0 saturated carbocycles. The van der Waals surface area contributed by atoms with E-state index in [0.717, 1.165) is 5.52 Å². The molecule has 1 aromatic carbocycles. The minimum absolute atomic E-state index is 0.387. The summed E-state index contributed by atoms with van der Waals surface area (Å²) in [5, 5.41) is 1.23. The third kappa shape index (κ3) is 1.20. The number of aromatic nitrogens is 1. The Morgan fingerprint density at radius 3 is 2.73 bits per heavy atom. The first-order valence-corrected chi connectivity index (χ1v) is 5.07. The number of para-hydroxylation sites is 1. The van der Waals surface area contributed by atoms with Crippen LogP contribution in [0, 0.1) is 0 Å². The molecule has 15 heavy (non-hydrogen) atoms. The van der Waals surface area contributed by atoms with Crippen LogP contribution in [0.5, 0.6) is 0 Å². The minimum atomic E-state index is 0.387. The third-order valence-corrected chi connectivity index (χ3v) is 2.92. The van der Waals surface area contributed by atoms with Crippen molar-refractivity contribution >= 4 is 10.9 Å². The van der Waals surface area contributed by atoms with E-state index >= 15 is 0 Å². The normalized spacial score (nSPS) is 19.2. The van der Waals surface area contributed by atoms with Crippen LogP contribution in [0.25, 0.3) is 10.9 Å². The first kappa shape index (κ1) is 8.42. The van der Waals surface area contributed by atoms with Gasteiger partial charge in [0.1, 0.15) is 0 Å². The molecule has 0 bridgehead atoms. The van der Waals surface area contributed by atoms with Crippen molar-refractivity contribution in [1.82, 2.24) is 4.98 Å². The second-order valence-corrected chi connectivity index (χ2v) is 3.83. The Morgan fingerprint density at radius 1 is 1.13 bits per heavy atom. The summed E-state index contributed by atoms with van der Waals surface area (Å²) < 4.78 is 0. The van der Waals surface area contributed by atoms with E-state index in [1.54, 1.807) is 0 Å². The van der Waals surface area contributed by atoms with Gasteiger partial charge in [0, 0.05) is 17.5 Å². The molecule has 3 rings (SSSR count). The number of nitrogens with zero attached hydrogens (tertiary/aromatic N) is 1. The maximum absolute atomic E-state index is 4.35. The summed E-state index contributed by atoms with van der Waals surface area (Å²) in [5.74, 6) is 0.387. The van der Waals surface area contributed by atoms with Crippen LogP contribution < -0.4 is 0 Å². The van der Waals surface area contributed by atoms with Gasteiger partial charge in [-0.05, 0) is 23.3 Å². The molecule has 1 unspecified atom stereocenters. The van der Waals surface area contributed by atoms with Crippen molar-refractivity contribution in [3.8, 4) is 0 Å². The second-order valence-electron chi connectivity index (χ2n) is 3.83. The molecule has 1 aliphatic rings. The lowest BCUT2D eigenvalue weighted by atomic mass is 9.82. The van der Waals surface area contributed by atoms with Gasteiger partial charge in [-0.25, -0.2) is 0 Å². The summed E-state index contributed by atoms with van der Waals surface area (Å²) >= 11 is 0. The van der Waals surface area contributed by atoms with Gasteiger partial charge in [0.15, 0.2) is 0 Å². The van der Waals surface area contributed by atoms with E-state index in [0.29, 0.717) is 5.92 Å². The van der Waals surface area contributed by atoms with E-state index in [1.807, 2.05) is 18.3 Å². The standard InChI is InChI=1S/C14H11N/c1-10-6-7-11(10)12-8-9-15-14-5-3-2-4-13(12)14/h2-9,11H,1H2. The smallest absolute Gasteiger partial charge is 0.0705 e. The molecule has 72 valence electrons. The largest absolute Gasteiger partial charge is 0.256 e. The highest BCUT2D eigenvalue weighted by Crippen LogP contribution is 2.36. The lowest BCUT2D eigenvalue weighted by Crippen LogP contribution is -2.05. The van der Waals surface area contributed by atoms with Crippen molar-refractivity contribution in [1.29, 1.82) is 0 Å². The highest BCUT2D eigenvalue weighted by Gasteiger charge is 2.18. The van der Waals surface area contributed by atoms with Crippen molar-refractivity contribution < 1.29 is 0 Å². The van der Waals surface area contributed by atoms with Gasteiger partial charge in [-0.2, -0.15) is 0 Å². The predicted octanol–water partition coefficient (Wildman–Crippen LogP) is 3.44. The highest BCUT2D eigenvalue weighted by molar-refractivity contribution is 5.83. The quantitative estimate of drug-likeness (QED) is 0.676. The number of rotatable bonds is 1. The van der Waals surface area contributed by atoms with Crippen LogP contribution >= 0.6 is 0 Å². The number of fused-ring (bicyclic) bond motifs is 1. The van der Waals surface area contributed by atoms with Gasteiger partial charge in [-0.15, -0.1) is 0 Å². The third-order valence-electron chi connectivity index (χ3n) is 2.92. The Kier molecular flexibility index (Phi) is 1.72. The van der Waals surface area contributed by atoms with Crippen LogP contribution in [0.1, 0.15) is 11.5 Å². The van der Waals surface area contributed by atoms with Crippen LogP contribution in [-0.4, -0.2) is 4.98 Å². The van der Waals surface area contributed by atoms with E-state index in [4.69, 9.17) is 0 Å². The summed E-state index contributed by atoms with van der Waals surface area (Å²) in [5.41, 5.74) is 3.56. The molecule has 0 N–H and O–H groups in total. The van der Waals surface area contributed by atoms with Gasteiger partial charge >= 0.3 is 0 Å². The van der Waals surface area contributed by atoms with Crippen molar-refractivity contribution in [2.24, 2.45) is 0 Å². The van der Waals surface area contributed by atoms with Gasteiger partial charge < -0.3 is 0 Å². The van der Waals surface area contributed by atoms with E-state index in [-0.39, 0.29) is 0 Å². The molecular weight excluding hydrogens is 182 g/mol. The molecule has 1 nitrogen and oxygen atoms in total. The summed E-state index contributed by atoms with van der Waals surface area (Å²) in [6.07, 6.45) is 6.13. The maximum atomic E-state index is 4.35. The van der Waals surface area contributed by atoms with Gasteiger partial charge in [0.2, 0.25) is 0 Å². The van der Waals surface area contributed by atoms with Gasteiger partial charge in [-0.3, -0.25) is 4.98 Å². The summed E-state index contributed by atoms with van der Waals surface area (Å²) in [6.45, 7) is 4.02. The van der Waals surface area contributed by atoms with Crippen LogP contribution in [0.3, 0.4) is 0 Å². The van der Waals surface area contributed by atoms with E-state index in [1.165, 1.54) is 16.5 Å².